The van der Waals surface area contributed by atoms with Gasteiger partial charge in [-0.3, -0.25) is 9.89 Å². The SMILES string of the molecule is COC(=O)c1cccc2c(COC(C)=O)[nH]nc12. The van der Waals surface area contributed by atoms with Gasteiger partial charge in [0.2, 0.25) is 0 Å². The number of fused-ring (bicyclic) bond motifs is 1. The number of para-hydroxylation sites is 1. The van der Waals surface area contributed by atoms with E-state index in [0.29, 0.717) is 16.8 Å². The Morgan fingerprint density at radius 3 is 2.83 bits per heavy atom. The zero-order valence-electron chi connectivity index (χ0n) is 10.0. The molecular weight excluding hydrogens is 236 g/mol. The molecule has 0 radical (unpaired) electrons. The monoisotopic (exact) mass is 248 g/mol. The Hall–Kier alpha value is -2.37. The van der Waals surface area contributed by atoms with Gasteiger partial charge in [0.05, 0.1) is 18.4 Å². The number of H-pyrrole nitrogens is 1. The molecule has 0 saturated carbocycles. The molecule has 1 heterocycles. The normalized spacial score (nSPS) is 10.3. The van der Waals surface area contributed by atoms with Crippen molar-refractivity contribution >= 4 is 22.8 Å². The first kappa shape index (κ1) is 12.1. The number of benzene rings is 1. The second-order valence-corrected chi connectivity index (χ2v) is 3.68. The zero-order valence-corrected chi connectivity index (χ0v) is 10.0. The summed E-state index contributed by atoms with van der Waals surface area (Å²) in [4.78, 5) is 22.3. The van der Waals surface area contributed by atoms with Crippen molar-refractivity contribution in [2.45, 2.75) is 13.5 Å². The van der Waals surface area contributed by atoms with Gasteiger partial charge in [0.1, 0.15) is 12.1 Å². The smallest absolute Gasteiger partial charge is 0.340 e. The summed E-state index contributed by atoms with van der Waals surface area (Å²) in [6.07, 6.45) is 0. The third kappa shape index (κ3) is 2.17. The molecule has 0 saturated heterocycles. The molecule has 0 bridgehead atoms. The molecule has 0 atom stereocenters. The van der Waals surface area contributed by atoms with Crippen molar-refractivity contribution in [3.05, 3.63) is 29.5 Å². The lowest BCUT2D eigenvalue weighted by Gasteiger charge is -2.01. The van der Waals surface area contributed by atoms with Crippen molar-refractivity contribution in [1.82, 2.24) is 10.2 Å². The lowest BCUT2D eigenvalue weighted by atomic mass is 10.1. The van der Waals surface area contributed by atoms with Gasteiger partial charge in [-0.05, 0) is 6.07 Å². The van der Waals surface area contributed by atoms with Crippen LogP contribution in [0.15, 0.2) is 18.2 Å². The average Bonchev–Trinajstić information content (AvgIpc) is 2.78. The minimum atomic E-state index is -0.453. The maximum atomic E-state index is 11.5. The minimum absolute atomic E-state index is 0.0937. The van der Waals surface area contributed by atoms with E-state index in [1.807, 2.05) is 0 Å². The van der Waals surface area contributed by atoms with Crippen molar-refractivity contribution in [2.24, 2.45) is 0 Å². The van der Waals surface area contributed by atoms with Crippen molar-refractivity contribution in [2.75, 3.05) is 7.11 Å². The van der Waals surface area contributed by atoms with Crippen molar-refractivity contribution in [3.63, 3.8) is 0 Å². The average molecular weight is 248 g/mol. The predicted molar refractivity (Wildman–Crippen MR) is 62.9 cm³/mol. The molecule has 0 amide bonds. The van der Waals surface area contributed by atoms with E-state index < -0.39 is 5.97 Å². The third-order valence-corrected chi connectivity index (χ3v) is 2.49. The van der Waals surface area contributed by atoms with Gasteiger partial charge < -0.3 is 9.47 Å². The highest BCUT2D eigenvalue weighted by atomic mass is 16.5. The van der Waals surface area contributed by atoms with Gasteiger partial charge in [-0.15, -0.1) is 0 Å². The number of aromatic amines is 1. The van der Waals surface area contributed by atoms with Crippen LogP contribution in [0.1, 0.15) is 23.0 Å². The van der Waals surface area contributed by atoms with Crippen molar-refractivity contribution < 1.29 is 19.1 Å². The van der Waals surface area contributed by atoms with Gasteiger partial charge in [-0.2, -0.15) is 5.10 Å². The molecule has 2 aromatic rings. The van der Waals surface area contributed by atoms with Gasteiger partial charge >= 0.3 is 11.9 Å². The van der Waals surface area contributed by atoms with Gasteiger partial charge in [0.15, 0.2) is 0 Å². The molecule has 0 spiro atoms. The van der Waals surface area contributed by atoms with Crippen LogP contribution >= 0.6 is 0 Å². The number of rotatable bonds is 3. The Morgan fingerprint density at radius 2 is 2.17 bits per heavy atom. The lowest BCUT2D eigenvalue weighted by molar-refractivity contribution is -0.142. The first-order valence-electron chi connectivity index (χ1n) is 5.31. The molecular formula is C12H12N2O4. The summed E-state index contributed by atoms with van der Waals surface area (Å²) in [5, 5.41) is 7.54. The molecule has 1 N–H and O–H groups in total. The highest BCUT2D eigenvalue weighted by Crippen LogP contribution is 2.21. The summed E-state index contributed by atoms with van der Waals surface area (Å²) in [5.74, 6) is -0.826. The fourth-order valence-corrected chi connectivity index (χ4v) is 1.65. The number of carbonyl (C=O) groups excluding carboxylic acids is 2. The maximum absolute atomic E-state index is 11.5. The third-order valence-electron chi connectivity index (χ3n) is 2.49. The number of hydrogen-bond donors (Lipinski definition) is 1. The lowest BCUT2D eigenvalue weighted by Crippen LogP contribution is -2.02. The molecule has 1 aromatic carbocycles. The van der Waals surface area contributed by atoms with E-state index in [1.165, 1.54) is 14.0 Å². The van der Waals surface area contributed by atoms with Crippen LogP contribution in [0.4, 0.5) is 0 Å². The van der Waals surface area contributed by atoms with E-state index in [9.17, 15) is 9.59 Å². The predicted octanol–water partition coefficient (Wildman–Crippen LogP) is 1.41. The van der Waals surface area contributed by atoms with Crippen LogP contribution in [0.3, 0.4) is 0 Å². The number of nitrogens with zero attached hydrogens (tertiary/aromatic N) is 1. The molecule has 94 valence electrons. The first-order chi connectivity index (χ1) is 8.63. The van der Waals surface area contributed by atoms with E-state index in [2.05, 4.69) is 14.9 Å². The van der Waals surface area contributed by atoms with Crippen LogP contribution in [-0.4, -0.2) is 29.2 Å². The van der Waals surface area contributed by atoms with Crippen LogP contribution < -0.4 is 0 Å². The molecule has 6 heteroatoms. The van der Waals surface area contributed by atoms with E-state index in [-0.39, 0.29) is 12.6 Å². The van der Waals surface area contributed by atoms with Crippen molar-refractivity contribution in [1.29, 1.82) is 0 Å². The van der Waals surface area contributed by atoms with E-state index in [4.69, 9.17) is 4.74 Å². The summed E-state index contributed by atoms with van der Waals surface area (Å²) in [6.45, 7) is 1.43. The number of carbonyl (C=O) groups is 2. The molecule has 2 rings (SSSR count). The van der Waals surface area contributed by atoms with Crippen molar-refractivity contribution in [3.8, 4) is 0 Å². The molecule has 6 nitrogen and oxygen atoms in total. The molecule has 1 aromatic heterocycles. The van der Waals surface area contributed by atoms with Crippen LogP contribution in [0.5, 0.6) is 0 Å². The second-order valence-electron chi connectivity index (χ2n) is 3.68. The Bertz CT molecular complexity index is 603. The first-order valence-corrected chi connectivity index (χ1v) is 5.31. The zero-order chi connectivity index (χ0) is 13.1. The molecule has 18 heavy (non-hydrogen) atoms. The maximum Gasteiger partial charge on any atom is 0.340 e. The van der Waals surface area contributed by atoms with Gasteiger partial charge in [-0.1, -0.05) is 12.1 Å². The number of methoxy groups -OCH3 is 1. The number of ether oxygens (including phenoxy) is 2. The fraction of sp³-hybridized carbons (Fsp3) is 0.250. The highest BCUT2D eigenvalue weighted by molar-refractivity contribution is 6.03. The van der Waals surface area contributed by atoms with Gasteiger partial charge in [0.25, 0.3) is 0 Å². The van der Waals surface area contributed by atoms with E-state index in [1.54, 1.807) is 18.2 Å². The topological polar surface area (TPSA) is 81.3 Å². The van der Waals surface area contributed by atoms with Gasteiger partial charge in [0, 0.05) is 12.3 Å². The molecule has 0 unspecified atom stereocenters. The molecule has 0 aliphatic heterocycles. The van der Waals surface area contributed by atoms with E-state index >= 15 is 0 Å². The number of aromatic nitrogens is 2. The Balaban J connectivity index is 2.42. The summed E-state index contributed by atoms with van der Waals surface area (Å²) >= 11 is 0. The quantitative estimate of drug-likeness (QED) is 0.830. The molecule has 0 aliphatic rings. The number of esters is 2. The summed E-state index contributed by atoms with van der Waals surface area (Å²) in [6, 6.07) is 5.15. The van der Waals surface area contributed by atoms with Crippen LogP contribution in [-0.2, 0) is 20.9 Å². The summed E-state index contributed by atoms with van der Waals surface area (Å²) in [7, 11) is 1.31. The minimum Gasteiger partial charge on any atom is -0.465 e. The Kier molecular flexibility index (Phi) is 3.27. The fourth-order valence-electron chi connectivity index (χ4n) is 1.65. The van der Waals surface area contributed by atoms with E-state index in [0.717, 1.165) is 5.39 Å². The second kappa shape index (κ2) is 4.87. The van der Waals surface area contributed by atoms with Crippen LogP contribution in [0.2, 0.25) is 0 Å². The summed E-state index contributed by atoms with van der Waals surface area (Å²) in [5.41, 5.74) is 1.53. The number of nitrogens with one attached hydrogen (secondary N) is 1. The van der Waals surface area contributed by atoms with Crippen LogP contribution in [0.25, 0.3) is 10.9 Å². The highest BCUT2D eigenvalue weighted by Gasteiger charge is 2.15. The molecule has 0 fully saturated rings. The van der Waals surface area contributed by atoms with Crippen LogP contribution in [0, 0.1) is 0 Å². The largest absolute Gasteiger partial charge is 0.465 e. The molecule has 0 aliphatic carbocycles. The van der Waals surface area contributed by atoms with Gasteiger partial charge in [-0.25, -0.2) is 4.79 Å². The standard InChI is InChI=1S/C12H12N2O4/c1-7(15)18-6-10-8-4-3-5-9(12(16)17-2)11(8)14-13-10/h3-5H,6H2,1-2H3,(H,13,14). The Labute approximate surface area is 103 Å². The summed E-state index contributed by atoms with van der Waals surface area (Å²) < 4.78 is 9.57. The number of hydrogen-bond acceptors (Lipinski definition) is 5. The Morgan fingerprint density at radius 1 is 1.39 bits per heavy atom.